The lowest BCUT2D eigenvalue weighted by Gasteiger charge is -2.32. The van der Waals surface area contributed by atoms with E-state index in [-0.39, 0.29) is 0 Å². The molecule has 1 heteroatoms. The van der Waals surface area contributed by atoms with Crippen LogP contribution in [0.15, 0.2) is 48.5 Å². The second-order valence-corrected chi connectivity index (χ2v) is 12.7. The molecule has 0 aliphatic heterocycles. The van der Waals surface area contributed by atoms with Gasteiger partial charge in [0.1, 0.15) is 0 Å². The second-order valence-electron chi connectivity index (χ2n) is 12.3. The molecule has 2 fully saturated rings. The molecule has 2 saturated carbocycles. The molecule has 0 radical (unpaired) electrons. The fourth-order valence-corrected chi connectivity index (χ4v) is 7.12. The smallest absolute Gasteiger partial charge is 0.0406 e. The van der Waals surface area contributed by atoms with Crippen molar-refractivity contribution in [3.05, 3.63) is 70.2 Å². The molecule has 4 rings (SSSR count). The molecule has 0 spiro atoms. The highest BCUT2D eigenvalue weighted by Gasteiger charge is 2.25. The predicted molar refractivity (Wildman–Crippen MR) is 158 cm³/mol. The van der Waals surface area contributed by atoms with Crippen molar-refractivity contribution in [1.29, 1.82) is 0 Å². The first kappa shape index (κ1) is 27.8. The van der Waals surface area contributed by atoms with Crippen molar-refractivity contribution in [1.82, 2.24) is 0 Å². The predicted octanol–water partition coefficient (Wildman–Crippen LogP) is 11.3. The highest BCUT2D eigenvalue weighted by atomic mass is 35.5. The third-order valence-electron chi connectivity index (χ3n) is 9.58. The van der Waals surface area contributed by atoms with E-state index in [1.807, 2.05) is 12.1 Å². The van der Waals surface area contributed by atoms with E-state index in [1.54, 1.807) is 5.56 Å². The number of unbranched alkanes of at least 4 members (excludes halogenated alkanes) is 4. The van der Waals surface area contributed by atoms with E-state index in [9.17, 15) is 0 Å². The fourth-order valence-electron chi connectivity index (χ4n) is 7.00. The van der Waals surface area contributed by atoms with E-state index in [0.717, 1.165) is 41.5 Å². The van der Waals surface area contributed by atoms with Crippen LogP contribution >= 0.6 is 11.6 Å². The zero-order valence-electron chi connectivity index (χ0n) is 23.0. The Morgan fingerprint density at radius 3 is 1.58 bits per heavy atom. The molecule has 2 aromatic rings. The van der Waals surface area contributed by atoms with E-state index >= 15 is 0 Å². The molecule has 0 saturated heterocycles. The normalized spacial score (nSPS) is 24.6. The third kappa shape index (κ3) is 9.24. The van der Waals surface area contributed by atoms with E-state index in [2.05, 4.69) is 43.3 Å². The van der Waals surface area contributed by atoms with E-state index in [1.165, 1.54) is 114 Å². The van der Waals surface area contributed by atoms with E-state index in [4.69, 9.17) is 11.6 Å². The van der Waals surface area contributed by atoms with Crippen molar-refractivity contribution in [3.8, 4) is 0 Å². The van der Waals surface area contributed by atoms with Crippen LogP contribution in [0, 0.1) is 17.8 Å². The molecule has 2 aliphatic rings. The Morgan fingerprint density at radius 1 is 0.556 bits per heavy atom. The number of hydrogen-bond donors (Lipinski definition) is 0. The summed E-state index contributed by atoms with van der Waals surface area (Å²) in [5.74, 6) is 3.89. The van der Waals surface area contributed by atoms with Gasteiger partial charge in [-0.3, -0.25) is 0 Å². The minimum atomic E-state index is 0.791. The van der Waals surface area contributed by atoms with Gasteiger partial charge >= 0.3 is 0 Å². The molecule has 36 heavy (non-hydrogen) atoms. The molecule has 0 nitrogen and oxygen atoms in total. The van der Waals surface area contributed by atoms with Gasteiger partial charge in [-0.05, 0) is 91.0 Å². The van der Waals surface area contributed by atoms with Crippen molar-refractivity contribution in [3.63, 3.8) is 0 Å². The summed E-state index contributed by atoms with van der Waals surface area (Å²) in [6.07, 6.45) is 25.8. The highest BCUT2D eigenvalue weighted by Crippen LogP contribution is 2.40. The van der Waals surface area contributed by atoms with Gasteiger partial charge in [-0.2, -0.15) is 0 Å². The molecule has 0 heterocycles. The average molecular weight is 507 g/mol. The van der Waals surface area contributed by atoms with E-state index in [0.29, 0.717) is 0 Å². The number of hydrogen-bond acceptors (Lipinski definition) is 0. The maximum atomic E-state index is 6.01. The van der Waals surface area contributed by atoms with Crippen molar-refractivity contribution >= 4 is 11.6 Å². The van der Waals surface area contributed by atoms with Crippen molar-refractivity contribution in [2.24, 2.45) is 17.8 Å². The zero-order chi connectivity index (χ0) is 25.0. The molecule has 0 N–H and O–H groups in total. The van der Waals surface area contributed by atoms with Gasteiger partial charge in [0, 0.05) is 5.02 Å². The first-order valence-corrected chi connectivity index (χ1v) is 15.9. The summed E-state index contributed by atoms with van der Waals surface area (Å²) in [5.41, 5.74) is 4.40. The van der Waals surface area contributed by atoms with Crippen molar-refractivity contribution in [2.75, 3.05) is 0 Å². The van der Waals surface area contributed by atoms with Gasteiger partial charge in [0.2, 0.25) is 0 Å². The quantitative estimate of drug-likeness (QED) is 0.237. The lowest BCUT2D eigenvalue weighted by Crippen LogP contribution is -2.18. The summed E-state index contributed by atoms with van der Waals surface area (Å²) in [4.78, 5) is 0. The molecule has 0 unspecified atom stereocenters. The SMILES string of the molecule is CCCCCCC[C@H]1CC[C@H](CCC2CCC(c3ccc(CCc4ccc(Cl)cc4)cc3)CC2)CC1. The van der Waals surface area contributed by atoms with Crippen LogP contribution < -0.4 is 0 Å². The lowest BCUT2D eigenvalue weighted by molar-refractivity contribution is 0.222. The average Bonchev–Trinajstić information content (AvgIpc) is 2.93. The van der Waals surface area contributed by atoms with Gasteiger partial charge in [0.05, 0.1) is 0 Å². The zero-order valence-corrected chi connectivity index (χ0v) is 23.8. The van der Waals surface area contributed by atoms with Crippen LogP contribution in [0.2, 0.25) is 5.02 Å². The summed E-state index contributed by atoms with van der Waals surface area (Å²) in [6, 6.07) is 17.9. The molecular formula is C35H51Cl. The standard InChI is InChI=1S/C35H51Cl/c1-2-3-4-5-6-7-28-8-10-29(11-9-28)12-13-30-16-22-33(23-17-30)34-24-18-31(19-25-34)14-15-32-20-26-35(36)27-21-32/h18-21,24-30,33H,2-17,22-23H2,1H3/t28-,29-,30?,33?. The highest BCUT2D eigenvalue weighted by molar-refractivity contribution is 6.30. The summed E-state index contributed by atoms with van der Waals surface area (Å²) in [7, 11) is 0. The van der Waals surface area contributed by atoms with Crippen molar-refractivity contribution in [2.45, 2.75) is 128 Å². The molecule has 0 bridgehead atoms. The van der Waals surface area contributed by atoms with Crippen LogP contribution in [0.3, 0.4) is 0 Å². The van der Waals surface area contributed by atoms with Crippen LogP contribution in [-0.4, -0.2) is 0 Å². The molecule has 198 valence electrons. The Morgan fingerprint density at radius 2 is 1.03 bits per heavy atom. The number of aryl methyl sites for hydroxylation is 2. The Bertz CT molecular complexity index is 835. The summed E-state index contributed by atoms with van der Waals surface area (Å²) in [5, 5.41) is 0.823. The summed E-state index contributed by atoms with van der Waals surface area (Å²) < 4.78 is 0. The van der Waals surface area contributed by atoms with Crippen LogP contribution in [0.25, 0.3) is 0 Å². The number of benzene rings is 2. The monoisotopic (exact) mass is 506 g/mol. The van der Waals surface area contributed by atoms with Gasteiger partial charge in [0.15, 0.2) is 0 Å². The molecule has 0 amide bonds. The number of rotatable bonds is 13. The molecule has 0 aromatic heterocycles. The molecule has 2 aromatic carbocycles. The van der Waals surface area contributed by atoms with Crippen molar-refractivity contribution < 1.29 is 0 Å². The Kier molecular flexibility index (Phi) is 11.7. The van der Waals surface area contributed by atoms with Crippen LogP contribution in [-0.2, 0) is 12.8 Å². The van der Waals surface area contributed by atoms with E-state index < -0.39 is 0 Å². The first-order chi connectivity index (χ1) is 17.7. The summed E-state index contributed by atoms with van der Waals surface area (Å²) in [6.45, 7) is 2.32. The Balaban J connectivity index is 1.09. The van der Waals surface area contributed by atoms with Gasteiger partial charge < -0.3 is 0 Å². The van der Waals surface area contributed by atoms with Gasteiger partial charge in [0.25, 0.3) is 0 Å². The molecule has 2 aliphatic carbocycles. The van der Waals surface area contributed by atoms with Gasteiger partial charge in [-0.15, -0.1) is 0 Å². The maximum Gasteiger partial charge on any atom is 0.0406 e. The first-order valence-electron chi connectivity index (χ1n) is 15.5. The van der Waals surface area contributed by atoms with Crippen LogP contribution in [0.1, 0.15) is 132 Å². The second kappa shape index (κ2) is 15.2. The Hall–Kier alpha value is -1.27. The van der Waals surface area contributed by atoms with Gasteiger partial charge in [-0.25, -0.2) is 0 Å². The largest absolute Gasteiger partial charge is 0.0843 e. The number of halogens is 1. The topological polar surface area (TPSA) is 0 Å². The van der Waals surface area contributed by atoms with Gasteiger partial charge in [-0.1, -0.05) is 132 Å². The minimum Gasteiger partial charge on any atom is -0.0843 e. The summed E-state index contributed by atoms with van der Waals surface area (Å²) >= 11 is 6.01. The maximum absolute atomic E-state index is 6.01. The van der Waals surface area contributed by atoms with Crippen LogP contribution in [0.4, 0.5) is 0 Å². The third-order valence-corrected chi connectivity index (χ3v) is 9.83. The minimum absolute atomic E-state index is 0.791. The lowest BCUT2D eigenvalue weighted by atomic mass is 9.74. The molecular weight excluding hydrogens is 456 g/mol. The fraction of sp³-hybridized carbons (Fsp3) is 0.657. The van der Waals surface area contributed by atoms with Crippen LogP contribution in [0.5, 0.6) is 0 Å². The molecule has 0 atom stereocenters. The Labute approximate surface area is 227 Å².